The first-order valence-electron chi connectivity index (χ1n) is 6.41. The molecule has 0 spiro atoms. The van der Waals surface area contributed by atoms with E-state index in [9.17, 15) is 8.42 Å². The largest absolute Gasteiger partial charge is 0.376 e. The van der Waals surface area contributed by atoms with Crippen molar-refractivity contribution in [2.24, 2.45) is 11.1 Å². The van der Waals surface area contributed by atoms with Crippen LogP contribution in [0.1, 0.15) is 24.8 Å². The van der Waals surface area contributed by atoms with E-state index >= 15 is 0 Å². The smallest absolute Gasteiger partial charge is 0.238 e. The lowest BCUT2D eigenvalue weighted by atomic mass is 10.0. The molecule has 0 saturated heterocycles. The van der Waals surface area contributed by atoms with E-state index in [0.717, 1.165) is 0 Å². The van der Waals surface area contributed by atoms with Crippen LogP contribution < -0.4 is 10.5 Å². The molecule has 1 atom stereocenters. The number of hydrogen-bond donors (Lipinski definition) is 2. The van der Waals surface area contributed by atoms with Crippen LogP contribution in [0.5, 0.6) is 0 Å². The van der Waals surface area contributed by atoms with Crippen molar-refractivity contribution >= 4 is 38.6 Å². The summed E-state index contributed by atoms with van der Waals surface area (Å²) in [7, 11) is -3.75. The topological polar surface area (TPSA) is 72.2 Å². The van der Waals surface area contributed by atoms with Crippen LogP contribution >= 0.6 is 22.9 Å². The zero-order valence-corrected chi connectivity index (χ0v) is 14.1. The SMILES string of the molecule is CC(C)C(Nc1cc(S(N)(=O)=O)ccc1Cl)c1cccs1. The summed E-state index contributed by atoms with van der Waals surface area (Å²) in [4.78, 5) is 1.21. The summed E-state index contributed by atoms with van der Waals surface area (Å²) in [5.41, 5.74) is 0.565. The van der Waals surface area contributed by atoms with E-state index in [-0.39, 0.29) is 10.9 Å². The molecule has 0 aliphatic heterocycles. The number of thiophene rings is 1. The van der Waals surface area contributed by atoms with E-state index in [0.29, 0.717) is 16.6 Å². The Hall–Kier alpha value is -1.08. The van der Waals surface area contributed by atoms with Crippen molar-refractivity contribution in [1.29, 1.82) is 0 Å². The van der Waals surface area contributed by atoms with Gasteiger partial charge < -0.3 is 5.32 Å². The van der Waals surface area contributed by atoms with E-state index in [2.05, 4.69) is 19.2 Å². The first-order valence-corrected chi connectivity index (χ1v) is 9.21. The molecule has 7 heteroatoms. The second-order valence-corrected chi connectivity index (χ2v) is 8.02. The van der Waals surface area contributed by atoms with Crippen molar-refractivity contribution in [2.75, 3.05) is 5.32 Å². The molecule has 3 N–H and O–H groups in total. The molecule has 0 aliphatic carbocycles. The van der Waals surface area contributed by atoms with E-state index in [1.165, 1.54) is 23.1 Å². The van der Waals surface area contributed by atoms with Crippen molar-refractivity contribution in [3.63, 3.8) is 0 Å². The Morgan fingerprint density at radius 2 is 2.00 bits per heavy atom. The molecule has 21 heavy (non-hydrogen) atoms. The van der Waals surface area contributed by atoms with Crippen LogP contribution in [-0.4, -0.2) is 8.42 Å². The van der Waals surface area contributed by atoms with Gasteiger partial charge in [-0.1, -0.05) is 31.5 Å². The predicted octanol–water partition coefficient (Wildman–Crippen LogP) is 3.86. The third kappa shape index (κ3) is 3.97. The van der Waals surface area contributed by atoms with Crippen molar-refractivity contribution in [1.82, 2.24) is 0 Å². The maximum absolute atomic E-state index is 11.5. The van der Waals surface area contributed by atoms with Crippen LogP contribution in [0.3, 0.4) is 0 Å². The molecule has 1 unspecified atom stereocenters. The predicted molar refractivity (Wildman–Crippen MR) is 88.3 cm³/mol. The van der Waals surface area contributed by atoms with E-state index in [1.54, 1.807) is 11.3 Å². The number of nitrogens with two attached hydrogens (primary N) is 1. The third-order valence-corrected chi connectivity index (χ3v) is 5.29. The van der Waals surface area contributed by atoms with Crippen LogP contribution in [0, 0.1) is 5.92 Å². The molecule has 2 rings (SSSR count). The number of halogens is 1. The third-order valence-electron chi connectivity index (χ3n) is 3.09. The molecule has 1 heterocycles. The molecule has 0 aliphatic rings. The minimum atomic E-state index is -3.75. The average Bonchev–Trinajstić information content (AvgIpc) is 2.89. The van der Waals surface area contributed by atoms with E-state index < -0.39 is 10.0 Å². The van der Waals surface area contributed by atoms with Gasteiger partial charge in [-0.25, -0.2) is 13.6 Å². The fourth-order valence-corrected chi connectivity index (χ4v) is 3.66. The Morgan fingerprint density at radius 3 is 2.52 bits per heavy atom. The number of primary sulfonamides is 1. The molecular formula is C14H17ClN2O2S2. The fraction of sp³-hybridized carbons (Fsp3) is 0.286. The summed E-state index contributed by atoms with van der Waals surface area (Å²) in [6, 6.07) is 8.49. The van der Waals surface area contributed by atoms with Crippen molar-refractivity contribution < 1.29 is 8.42 Å². The van der Waals surface area contributed by atoms with Gasteiger partial charge in [0, 0.05) is 4.88 Å². The first kappa shape index (κ1) is 16.3. The Kier molecular flexibility index (Phi) is 4.93. The molecule has 0 fully saturated rings. The number of rotatable bonds is 5. The summed E-state index contributed by atoms with van der Waals surface area (Å²) in [6.07, 6.45) is 0. The average molecular weight is 345 g/mol. The van der Waals surface area contributed by atoms with Gasteiger partial charge in [0.2, 0.25) is 10.0 Å². The van der Waals surface area contributed by atoms with Crippen LogP contribution in [-0.2, 0) is 10.0 Å². The molecule has 114 valence electrons. The second-order valence-electron chi connectivity index (χ2n) is 5.07. The lowest BCUT2D eigenvalue weighted by molar-refractivity contribution is 0.553. The van der Waals surface area contributed by atoms with Gasteiger partial charge in [0.15, 0.2) is 0 Å². The van der Waals surface area contributed by atoms with Gasteiger partial charge in [0.05, 0.1) is 21.6 Å². The highest BCUT2D eigenvalue weighted by atomic mass is 35.5. The Labute approximate surface area is 134 Å². The molecule has 0 radical (unpaired) electrons. The minimum Gasteiger partial charge on any atom is -0.376 e. The van der Waals surface area contributed by atoms with Gasteiger partial charge in [-0.2, -0.15) is 0 Å². The second kappa shape index (κ2) is 6.36. The van der Waals surface area contributed by atoms with Crippen molar-refractivity contribution in [3.8, 4) is 0 Å². The van der Waals surface area contributed by atoms with Crippen LogP contribution in [0.25, 0.3) is 0 Å². The molecular weight excluding hydrogens is 328 g/mol. The van der Waals surface area contributed by atoms with Gasteiger partial charge in [-0.3, -0.25) is 0 Å². The zero-order valence-electron chi connectivity index (χ0n) is 11.7. The molecule has 0 bridgehead atoms. The van der Waals surface area contributed by atoms with Crippen LogP contribution in [0.15, 0.2) is 40.6 Å². The summed E-state index contributed by atoms with van der Waals surface area (Å²) in [6.45, 7) is 4.18. The standard InChI is InChI=1S/C14H17ClN2O2S2/c1-9(2)14(13-4-3-7-20-13)17-12-8-10(21(16,18)19)5-6-11(12)15/h3-9,14,17H,1-2H3,(H2,16,18,19). The maximum atomic E-state index is 11.5. The Morgan fingerprint density at radius 1 is 1.29 bits per heavy atom. The number of anilines is 1. The normalized spacial score (nSPS) is 13.4. The zero-order chi connectivity index (χ0) is 15.6. The summed E-state index contributed by atoms with van der Waals surface area (Å²) >= 11 is 7.81. The quantitative estimate of drug-likeness (QED) is 0.865. The maximum Gasteiger partial charge on any atom is 0.238 e. The molecule has 1 aromatic carbocycles. The number of benzene rings is 1. The van der Waals surface area contributed by atoms with E-state index in [4.69, 9.17) is 16.7 Å². The molecule has 4 nitrogen and oxygen atoms in total. The monoisotopic (exact) mass is 344 g/mol. The van der Waals surface area contributed by atoms with Gasteiger partial charge in [-0.15, -0.1) is 11.3 Å². The van der Waals surface area contributed by atoms with Gasteiger partial charge in [-0.05, 0) is 35.6 Å². The highest BCUT2D eigenvalue weighted by Crippen LogP contribution is 2.33. The highest BCUT2D eigenvalue weighted by molar-refractivity contribution is 7.89. The van der Waals surface area contributed by atoms with E-state index in [1.807, 2.05) is 17.5 Å². The molecule has 2 aromatic rings. The van der Waals surface area contributed by atoms with Gasteiger partial charge >= 0.3 is 0 Å². The highest BCUT2D eigenvalue weighted by Gasteiger charge is 2.19. The number of sulfonamides is 1. The molecule has 0 saturated carbocycles. The van der Waals surface area contributed by atoms with Crippen LogP contribution in [0.4, 0.5) is 5.69 Å². The summed E-state index contributed by atoms with van der Waals surface area (Å²) in [5.74, 6) is 0.317. The lowest BCUT2D eigenvalue weighted by Crippen LogP contribution is -2.17. The summed E-state index contributed by atoms with van der Waals surface area (Å²) < 4.78 is 22.9. The Balaban J connectivity index is 2.37. The summed E-state index contributed by atoms with van der Waals surface area (Å²) in [5, 5.41) is 11.0. The van der Waals surface area contributed by atoms with Crippen LogP contribution in [0.2, 0.25) is 5.02 Å². The lowest BCUT2D eigenvalue weighted by Gasteiger charge is -2.23. The van der Waals surface area contributed by atoms with Crippen molar-refractivity contribution in [2.45, 2.75) is 24.8 Å². The minimum absolute atomic E-state index is 0.0445. The van der Waals surface area contributed by atoms with Gasteiger partial charge in [0.1, 0.15) is 0 Å². The number of hydrogen-bond acceptors (Lipinski definition) is 4. The first-order chi connectivity index (χ1) is 9.79. The molecule has 1 aromatic heterocycles. The Bertz CT molecular complexity index is 713. The number of nitrogens with one attached hydrogen (secondary N) is 1. The van der Waals surface area contributed by atoms with Gasteiger partial charge in [0.25, 0.3) is 0 Å². The van der Waals surface area contributed by atoms with Crippen molar-refractivity contribution in [3.05, 3.63) is 45.6 Å². The molecule has 0 amide bonds. The fourth-order valence-electron chi connectivity index (χ4n) is 1.99.